The Morgan fingerprint density at radius 3 is 2.13 bits per heavy atom. The van der Waals surface area contributed by atoms with Gasteiger partial charge in [-0.2, -0.15) is 0 Å². The van der Waals surface area contributed by atoms with Gasteiger partial charge in [0.25, 0.3) is 0 Å². The molecule has 2 saturated heterocycles. The third-order valence-corrected chi connectivity index (χ3v) is 6.80. The van der Waals surface area contributed by atoms with E-state index in [0.717, 1.165) is 51.4 Å². The first-order chi connectivity index (χ1) is 14.8. The fraction of sp³-hybridized carbons (Fsp3) is 0.500. The van der Waals surface area contributed by atoms with Crippen LogP contribution in [0.4, 0.5) is 5.69 Å². The molecule has 1 amide bonds. The van der Waals surface area contributed by atoms with Crippen molar-refractivity contribution in [2.45, 2.75) is 38.6 Å². The summed E-state index contributed by atoms with van der Waals surface area (Å²) in [6.45, 7) is 6.19. The number of nitrogens with one attached hydrogen (secondary N) is 1. The Labute approximate surface area is 181 Å². The molecule has 2 aliphatic rings. The Kier molecular flexibility index (Phi) is 7.41. The van der Waals surface area contributed by atoms with Crippen molar-refractivity contribution in [3.05, 3.63) is 66.2 Å². The zero-order chi connectivity index (χ0) is 20.6. The van der Waals surface area contributed by atoms with Gasteiger partial charge in [0.05, 0.1) is 0 Å². The molecule has 0 unspecified atom stereocenters. The number of nitrogens with zero attached hydrogens (tertiary/aromatic N) is 2. The number of amides is 1. The molecule has 2 aromatic rings. The molecule has 1 N–H and O–H groups in total. The molecule has 0 saturated carbocycles. The quantitative estimate of drug-likeness (QED) is 0.745. The number of hydrogen-bond acceptors (Lipinski definition) is 3. The second-order valence-electron chi connectivity index (χ2n) is 8.88. The maximum atomic E-state index is 12.6. The molecule has 160 valence electrons. The van der Waals surface area contributed by atoms with Gasteiger partial charge >= 0.3 is 0 Å². The molecule has 30 heavy (non-hydrogen) atoms. The zero-order valence-electron chi connectivity index (χ0n) is 18.0. The fourth-order valence-corrected chi connectivity index (χ4v) is 4.86. The summed E-state index contributed by atoms with van der Waals surface area (Å²) in [5.74, 6) is 1.19. The van der Waals surface area contributed by atoms with E-state index in [1.807, 2.05) is 0 Å². The van der Waals surface area contributed by atoms with Gasteiger partial charge in [0, 0.05) is 37.8 Å². The lowest BCUT2D eigenvalue weighted by Crippen LogP contribution is -2.41. The summed E-state index contributed by atoms with van der Waals surface area (Å²) in [5.41, 5.74) is 2.68. The van der Waals surface area contributed by atoms with Gasteiger partial charge in [-0.05, 0) is 68.8 Å². The largest absolute Gasteiger partial charge is 0.371 e. The highest BCUT2D eigenvalue weighted by molar-refractivity contribution is 5.79. The second-order valence-corrected chi connectivity index (χ2v) is 8.88. The molecular formula is C26H35N3O. The van der Waals surface area contributed by atoms with Crippen molar-refractivity contribution in [3.8, 4) is 0 Å². The van der Waals surface area contributed by atoms with Gasteiger partial charge < -0.3 is 10.2 Å². The first-order valence-electron chi connectivity index (χ1n) is 11.6. The van der Waals surface area contributed by atoms with E-state index < -0.39 is 0 Å². The Balaban J connectivity index is 1.11. The van der Waals surface area contributed by atoms with Crippen molar-refractivity contribution in [2.75, 3.05) is 37.6 Å². The van der Waals surface area contributed by atoms with Crippen LogP contribution < -0.4 is 10.2 Å². The van der Waals surface area contributed by atoms with Crippen molar-refractivity contribution < 1.29 is 4.79 Å². The van der Waals surface area contributed by atoms with Crippen LogP contribution in [-0.2, 0) is 11.3 Å². The first kappa shape index (κ1) is 20.9. The SMILES string of the molecule is O=C(NCCC1CCN(Cc2ccccc2)CC1)C1CCN(c2ccccc2)CC1. The minimum absolute atomic E-state index is 0.178. The van der Waals surface area contributed by atoms with E-state index in [-0.39, 0.29) is 11.8 Å². The Morgan fingerprint density at radius 2 is 1.47 bits per heavy atom. The molecule has 0 aliphatic carbocycles. The number of anilines is 1. The summed E-state index contributed by atoms with van der Waals surface area (Å²) in [4.78, 5) is 17.6. The number of carbonyl (C=O) groups is 1. The lowest BCUT2D eigenvalue weighted by Gasteiger charge is -2.33. The Hall–Kier alpha value is -2.33. The van der Waals surface area contributed by atoms with E-state index in [9.17, 15) is 4.79 Å². The summed E-state index contributed by atoms with van der Waals surface area (Å²) in [5, 5.41) is 3.23. The number of hydrogen-bond donors (Lipinski definition) is 1. The van der Waals surface area contributed by atoms with Crippen molar-refractivity contribution >= 4 is 11.6 Å². The van der Waals surface area contributed by atoms with Gasteiger partial charge in [0.1, 0.15) is 0 Å². The highest BCUT2D eigenvalue weighted by Gasteiger charge is 2.25. The molecule has 4 heteroatoms. The van der Waals surface area contributed by atoms with Gasteiger partial charge in [-0.3, -0.25) is 9.69 Å². The highest BCUT2D eigenvalue weighted by Crippen LogP contribution is 2.24. The van der Waals surface area contributed by atoms with Crippen LogP contribution in [0.25, 0.3) is 0 Å². The van der Waals surface area contributed by atoms with Crippen LogP contribution in [0.3, 0.4) is 0 Å². The van der Waals surface area contributed by atoms with Gasteiger partial charge in [-0.25, -0.2) is 0 Å². The average Bonchev–Trinajstić information content (AvgIpc) is 2.81. The third kappa shape index (κ3) is 5.85. The molecule has 2 aromatic carbocycles. The maximum Gasteiger partial charge on any atom is 0.223 e. The van der Waals surface area contributed by atoms with E-state index >= 15 is 0 Å². The molecule has 4 rings (SSSR count). The summed E-state index contributed by atoms with van der Waals surface area (Å²) in [7, 11) is 0. The molecule has 2 aliphatic heterocycles. The van der Waals surface area contributed by atoms with E-state index in [2.05, 4.69) is 75.8 Å². The monoisotopic (exact) mass is 405 g/mol. The van der Waals surface area contributed by atoms with Crippen LogP contribution in [0.1, 0.15) is 37.7 Å². The predicted molar refractivity (Wildman–Crippen MR) is 123 cm³/mol. The Bertz CT molecular complexity index is 763. The zero-order valence-corrected chi connectivity index (χ0v) is 18.0. The van der Waals surface area contributed by atoms with E-state index in [1.54, 1.807) is 0 Å². The van der Waals surface area contributed by atoms with Gasteiger partial charge in [-0.15, -0.1) is 0 Å². The molecule has 2 heterocycles. The minimum Gasteiger partial charge on any atom is -0.371 e. The third-order valence-electron chi connectivity index (χ3n) is 6.80. The number of rotatable bonds is 7. The number of para-hydroxylation sites is 1. The van der Waals surface area contributed by atoms with Crippen LogP contribution in [0.2, 0.25) is 0 Å². The lowest BCUT2D eigenvalue weighted by atomic mass is 9.92. The normalized spacial score (nSPS) is 19.0. The smallest absolute Gasteiger partial charge is 0.223 e. The van der Waals surface area contributed by atoms with Crippen molar-refractivity contribution in [1.29, 1.82) is 0 Å². The molecule has 0 spiro atoms. The number of benzene rings is 2. The van der Waals surface area contributed by atoms with Crippen LogP contribution >= 0.6 is 0 Å². The van der Waals surface area contributed by atoms with Gasteiger partial charge in [0.15, 0.2) is 0 Å². The topological polar surface area (TPSA) is 35.6 Å². The van der Waals surface area contributed by atoms with Gasteiger partial charge in [0.2, 0.25) is 5.91 Å². The number of carbonyl (C=O) groups excluding carboxylic acids is 1. The molecule has 0 aromatic heterocycles. The molecule has 4 nitrogen and oxygen atoms in total. The predicted octanol–water partition coefficient (Wildman–Crippen LogP) is 4.32. The van der Waals surface area contributed by atoms with Crippen LogP contribution in [-0.4, -0.2) is 43.5 Å². The van der Waals surface area contributed by atoms with E-state index in [0.29, 0.717) is 0 Å². The lowest BCUT2D eigenvalue weighted by molar-refractivity contribution is -0.125. The number of likely N-dealkylation sites (tertiary alicyclic amines) is 1. The highest BCUT2D eigenvalue weighted by atomic mass is 16.1. The molecular weight excluding hydrogens is 370 g/mol. The standard InChI is InChI=1S/C26H35N3O/c30-26(24-14-19-29(20-15-24)25-9-5-2-6-10-25)27-16-11-22-12-17-28(18-13-22)21-23-7-3-1-4-8-23/h1-10,22,24H,11-21H2,(H,27,30). The summed E-state index contributed by atoms with van der Waals surface area (Å²) in [6, 6.07) is 21.3. The summed E-state index contributed by atoms with van der Waals surface area (Å²) in [6.07, 6.45) is 5.53. The van der Waals surface area contributed by atoms with E-state index in [4.69, 9.17) is 0 Å². The van der Waals surface area contributed by atoms with Crippen LogP contribution in [0.5, 0.6) is 0 Å². The first-order valence-corrected chi connectivity index (χ1v) is 11.6. The average molecular weight is 406 g/mol. The molecule has 0 radical (unpaired) electrons. The molecule has 0 atom stereocenters. The van der Waals surface area contributed by atoms with Crippen molar-refractivity contribution in [3.63, 3.8) is 0 Å². The van der Waals surface area contributed by atoms with E-state index in [1.165, 1.54) is 37.2 Å². The van der Waals surface area contributed by atoms with Crippen molar-refractivity contribution in [2.24, 2.45) is 11.8 Å². The summed E-state index contributed by atoms with van der Waals surface area (Å²) < 4.78 is 0. The fourth-order valence-electron chi connectivity index (χ4n) is 4.86. The number of piperidine rings is 2. The maximum absolute atomic E-state index is 12.6. The molecule has 0 bridgehead atoms. The minimum atomic E-state index is 0.178. The molecule has 2 fully saturated rings. The van der Waals surface area contributed by atoms with Gasteiger partial charge in [-0.1, -0.05) is 48.5 Å². The van der Waals surface area contributed by atoms with Crippen LogP contribution in [0, 0.1) is 11.8 Å². The summed E-state index contributed by atoms with van der Waals surface area (Å²) >= 11 is 0. The Morgan fingerprint density at radius 1 is 0.833 bits per heavy atom. The van der Waals surface area contributed by atoms with Crippen LogP contribution in [0.15, 0.2) is 60.7 Å². The van der Waals surface area contributed by atoms with Crippen molar-refractivity contribution in [1.82, 2.24) is 10.2 Å². The second kappa shape index (κ2) is 10.6.